The highest BCUT2D eigenvalue weighted by Crippen LogP contribution is 2.40. The van der Waals surface area contributed by atoms with E-state index in [2.05, 4.69) is 56.0 Å². The Morgan fingerprint density at radius 2 is 1.41 bits per heavy atom. The third-order valence-corrected chi connectivity index (χ3v) is 4.70. The molecule has 0 N–H and O–H groups in total. The lowest BCUT2D eigenvalue weighted by Gasteiger charge is -2.24. The summed E-state index contributed by atoms with van der Waals surface area (Å²) in [6.45, 7) is 0.974. The molecule has 2 aromatic carbocycles. The summed E-state index contributed by atoms with van der Waals surface area (Å²) >= 11 is 0. The van der Waals surface area contributed by atoms with Gasteiger partial charge in [-0.3, -0.25) is 9.36 Å². The van der Waals surface area contributed by atoms with Crippen LogP contribution in [-0.2, 0) is 22.2 Å². The highest BCUT2D eigenvalue weighted by molar-refractivity contribution is 7.69. The molecule has 0 aliphatic carbocycles. The van der Waals surface area contributed by atoms with Gasteiger partial charge in [0.25, 0.3) is 5.65 Å². The largest absolute Gasteiger partial charge is 0.772 e. The van der Waals surface area contributed by atoms with E-state index < -0.39 is 13.2 Å². The second-order valence-electron chi connectivity index (χ2n) is 7.37. The van der Waals surface area contributed by atoms with E-state index in [1.807, 2.05) is 6.07 Å². The normalized spacial score (nSPS) is 13.1. The summed E-state index contributed by atoms with van der Waals surface area (Å²) in [7, 11) is 4.86. The summed E-state index contributed by atoms with van der Waals surface area (Å²) in [6.07, 6.45) is 0. The molecule has 0 radical (unpaired) electrons. The number of carbonyl (C=O) groups excluding carboxylic acids is 1. The Balaban J connectivity index is 0.000000289. The van der Waals surface area contributed by atoms with Crippen LogP contribution < -0.4 is 4.89 Å². The second kappa shape index (κ2) is 10.4. The number of hydrogen-bond donors (Lipinski definition) is 0. The van der Waals surface area contributed by atoms with Crippen molar-refractivity contribution in [3.8, 4) is 0 Å². The van der Waals surface area contributed by atoms with Gasteiger partial charge in [0, 0.05) is 19.7 Å². The van der Waals surface area contributed by atoms with Gasteiger partial charge in [0.2, 0.25) is 7.60 Å². The number of nitrogens with zero attached hydrogens (tertiary/aromatic N) is 2. The predicted molar refractivity (Wildman–Crippen MR) is 106 cm³/mol. The third-order valence-electron chi connectivity index (χ3n) is 3.36. The van der Waals surface area contributed by atoms with Crippen LogP contribution in [0.2, 0.25) is 0 Å². The van der Waals surface area contributed by atoms with Crippen molar-refractivity contribution in [3.63, 3.8) is 0 Å². The first-order valence-electron chi connectivity index (χ1n) is 8.57. The molecular weight excluding hydrogens is 363 g/mol. The Hall–Kier alpha value is -1.98. The van der Waals surface area contributed by atoms with Crippen molar-refractivity contribution < 1.29 is 23.3 Å². The Labute approximate surface area is 162 Å². The summed E-state index contributed by atoms with van der Waals surface area (Å²) in [5, 5.41) is 0. The van der Waals surface area contributed by atoms with Crippen LogP contribution in [0.1, 0.15) is 11.1 Å². The molecule has 2 aromatic rings. The molecule has 0 heterocycles. The van der Waals surface area contributed by atoms with Crippen LogP contribution in [-0.4, -0.2) is 50.3 Å². The van der Waals surface area contributed by atoms with Crippen molar-refractivity contribution in [1.82, 2.24) is 4.90 Å². The second-order valence-corrected chi connectivity index (χ2v) is 9.00. The van der Waals surface area contributed by atoms with Gasteiger partial charge in [-0.25, -0.2) is 0 Å². The minimum atomic E-state index is -4.47. The van der Waals surface area contributed by atoms with E-state index >= 15 is 0 Å². The number of hydrogen-bond acceptors (Lipinski definition) is 4. The van der Waals surface area contributed by atoms with Gasteiger partial charge in [-0.15, -0.1) is 0 Å². The lowest BCUT2D eigenvalue weighted by molar-refractivity contribution is -0.884. The Morgan fingerprint density at radius 3 is 1.81 bits per heavy atom. The van der Waals surface area contributed by atoms with E-state index in [0.29, 0.717) is 5.56 Å². The third kappa shape index (κ3) is 9.50. The molecule has 1 amide bonds. The number of rotatable bonds is 6. The van der Waals surface area contributed by atoms with Gasteiger partial charge < -0.3 is 18.8 Å². The molecule has 1 unspecified atom stereocenters. The van der Waals surface area contributed by atoms with Crippen molar-refractivity contribution >= 4 is 13.2 Å². The van der Waals surface area contributed by atoms with Crippen LogP contribution >= 0.6 is 7.60 Å². The fourth-order valence-electron chi connectivity index (χ4n) is 2.17. The molecule has 1 atom stereocenters. The first-order chi connectivity index (χ1) is 12.5. The Kier molecular flexibility index (Phi) is 8.86. The van der Waals surface area contributed by atoms with Crippen LogP contribution in [0.15, 0.2) is 60.7 Å². The fourth-order valence-corrected chi connectivity index (χ4v) is 3.08. The predicted octanol–water partition coefficient (Wildman–Crippen LogP) is 3.33. The van der Waals surface area contributed by atoms with Crippen LogP contribution in [0.5, 0.6) is 0 Å². The molecule has 0 aliphatic rings. The maximum Gasteiger partial charge on any atom is 0.293 e. The summed E-state index contributed by atoms with van der Waals surface area (Å²) < 4.78 is 17.0. The van der Waals surface area contributed by atoms with E-state index in [-0.39, 0.29) is 6.61 Å². The van der Waals surface area contributed by atoms with Crippen molar-refractivity contribution in [1.29, 1.82) is 0 Å². The summed E-state index contributed by atoms with van der Waals surface area (Å²) in [4.78, 5) is 23.5. The number of carbonyl (C=O) groups is 1. The van der Waals surface area contributed by atoms with Crippen molar-refractivity contribution in [2.75, 3.05) is 35.2 Å². The molecule has 27 heavy (non-hydrogen) atoms. The highest BCUT2D eigenvalue weighted by atomic mass is 31.2. The molecular formula is C20H29N2O4P. The van der Waals surface area contributed by atoms with Crippen LogP contribution in [0.25, 0.3) is 0 Å². The van der Waals surface area contributed by atoms with Gasteiger partial charge in [-0.2, -0.15) is 0 Å². The van der Waals surface area contributed by atoms with Gasteiger partial charge in [0.05, 0.1) is 27.7 Å². The molecule has 0 aromatic heterocycles. The monoisotopic (exact) mass is 392 g/mol. The summed E-state index contributed by atoms with van der Waals surface area (Å²) in [5.74, 6) is 0. The van der Waals surface area contributed by atoms with Gasteiger partial charge >= 0.3 is 0 Å². The molecule has 0 fully saturated rings. The minimum Gasteiger partial charge on any atom is -0.772 e. The molecule has 0 saturated heterocycles. The smallest absolute Gasteiger partial charge is 0.293 e. The topological polar surface area (TPSA) is 69.7 Å². The molecule has 0 bridgehead atoms. The molecule has 0 aliphatic heterocycles. The van der Waals surface area contributed by atoms with Gasteiger partial charge in [-0.1, -0.05) is 60.7 Å². The highest BCUT2D eigenvalue weighted by Gasteiger charge is 2.21. The standard InChI is InChI=1S/C10H14NO4P.C10H16N/c1-11(2)10(12)16(13,14)15-8-9-6-4-3-5-7-9;1-11(2,3)9-10-7-5-4-6-8-10/h3-7H,8H2,1-2H3,(H,13,14);4-8H,9H2,1-3H3/q;+1/p-1. The maximum atomic E-state index is 11.4. The minimum absolute atomic E-state index is 0.124. The molecule has 7 heteroatoms. The zero-order chi connectivity index (χ0) is 20.5. The molecule has 0 saturated carbocycles. The maximum absolute atomic E-state index is 11.4. The average molecular weight is 392 g/mol. The van der Waals surface area contributed by atoms with Gasteiger partial charge in [0.1, 0.15) is 6.54 Å². The first kappa shape index (κ1) is 23.1. The van der Waals surface area contributed by atoms with Gasteiger partial charge in [-0.05, 0) is 5.56 Å². The van der Waals surface area contributed by atoms with Crippen molar-refractivity contribution in [2.45, 2.75) is 13.2 Å². The van der Waals surface area contributed by atoms with E-state index in [1.54, 1.807) is 24.3 Å². The van der Waals surface area contributed by atoms with Crippen molar-refractivity contribution in [3.05, 3.63) is 71.8 Å². The van der Waals surface area contributed by atoms with Gasteiger partial charge in [0.15, 0.2) is 0 Å². The van der Waals surface area contributed by atoms with E-state index in [4.69, 9.17) is 0 Å². The zero-order valence-corrected chi connectivity index (χ0v) is 17.6. The quantitative estimate of drug-likeness (QED) is 0.559. The molecule has 148 valence electrons. The van der Waals surface area contributed by atoms with Crippen LogP contribution in [0.4, 0.5) is 4.79 Å². The van der Waals surface area contributed by atoms with Crippen LogP contribution in [0.3, 0.4) is 0 Å². The van der Waals surface area contributed by atoms with Crippen molar-refractivity contribution in [2.24, 2.45) is 0 Å². The Morgan fingerprint density at radius 1 is 0.963 bits per heavy atom. The van der Waals surface area contributed by atoms with Crippen LogP contribution in [0, 0.1) is 0 Å². The van der Waals surface area contributed by atoms with E-state index in [0.717, 1.165) is 15.9 Å². The summed E-state index contributed by atoms with van der Waals surface area (Å²) in [6, 6.07) is 19.4. The van der Waals surface area contributed by atoms with E-state index in [9.17, 15) is 14.3 Å². The number of amides is 1. The fraction of sp³-hybridized carbons (Fsp3) is 0.350. The number of quaternary nitrogens is 1. The SMILES string of the molecule is CN(C)C(=O)P(=O)([O-])OCc1ccccc1.C[N+](C)(C)Cc1ccccc1. The summed E-state index contributed by atoms with van der Waals surface area (Å²) in [5.41, 5.74) is 1.08. The lowest BCUT2D eigenvalue weighted by Crippen LogP contribution is -2.33. The Bertz CT molecular complexity index is 744. The number of benzene rings is 2. The molecule has 6 nitrogen and oxygen atoms in total. The van der Waals surface area contributed by atoms with E-state index in [1.165, 1.54) is 19.7 Å². The average Bonchev–Trinajstić information content (AvgIpc) is 2.60. The lowest BCUT2D eigenvalue weighted by atomic mass is 10.2. The first-order valence-corrected chi connectivity index (χ1v) is 10.1. The zero-order valence-electron chi connectivity index (χ0n) is 16.7. The molecule has 0 spiro atoms. The molecule has 2 rings (SSSR count).